The molecule has 0 atom stereocenters. The zero-order valence-electron chi connectivity index (χ0n) is 16.1. The molecule has 1 fully saturated rings. The zero-order chi connectivity index (χ0) is 20.1. The summed E-state index contributed by atoms with van der Waals surface area (Å²) >= 11 is 7.98. The average Bonchev–Trinajstić information content (AvgIpc) is 3.17. The first-order valence-electron chi connectivity index (χ1n) is 9.66. The normalized spacial score (nSPS) is 14.0. The summed E-state index contributed by atoms with van der Waals surface area (Å²) in [6.45, 7) is 2.58. The van der Waals surface area contributed by atoms with Crippen LogP contribution in [0.3, 0.4) is 0 Å². The van der Waals surface area contributed by atoms with Gasteiger partial charge < -0.3 is 10.2 Å². The van der Waals surface area contributed by atoms with Gasteiger partial charge in [-0.3, -0.25) is 9.48 Å². The zero-order valence-corrected chi connectivity index (χ0v) is 17.6. The number of nitrogens with one attached hydrogen (secondary N) is 1. The number of hydrogen-bond donors (Lipinski definition) is 1. The van der Waals surface area contributed by atoms with Gasteiger partial charge in [0, 0.05) is 47.9 Å². The number of aromatic nitrogens is 2. The minimum absolute atomic E-state index is 0.0761. The van der Waals surface area contributed by atoms with E-state index in [1.807, 2.05) is 60.4 Å². The number of rotatable bonds is 6. The Bertz CT molecular complexity index is 970. The number of benzene rings is 2. The van der Waals surface area contributed by atoms with Gasteiger partial charge in [0.15, 0.2) is 5.82 Å². The third-order valence-electron chi connectivity index (χ3n) is 4.82. The molecular weight excluding hydrogens is 404 g/mol. The lowest BCUT2D eigenvalue weighted by molar-refractivity contribution is -0.122. The highest BCUT2D eigenvalue weighted by Gasteiger charge is 2.20. The van der Waals surface area contributed by atoms with Gasteiger partial charge in [0.1, 0.15) is 6.54 Å². The SMILES string of the molecule is O=C(Cn1cc(-c2ccccc2)c(N2CCSCC2)n1)NCc1cccc(Cl)c1. The first-order chi connectivity index (χ1) is 14.2. The molecule has 1 aromatic heterocycles. The second kappa shape index (κ2) is 9.37. The molecule has 1 amide bonds. The number of carbonyl (C=O) groups excluding carboxylic acids is 1. The Hall–Kier alpha value is -2.44. The molecule has 150 valence electrons. The molecule has 0 spiro atoms. The van der Waals surface area contributed by atoms with Crippen molar-refractivity contribution in [3.63, 3.8) is 0 Å². The number of thioether (sulfide) groups is 1. The summed E-state index contributed by atoms with van der Waals surface area (Å²) in [4.78, 5) is 14.8. The molecule has 2 heterocycles. The van der Waals surface area contributed by atoms with E-state index in [1.54, 1.807) is 4.68 Å². The van der Waals surface area contributed by atoms with E-state index in [1.165, 1.54) is 0 Å². The van der Waals surface area contributed by atoms with Crippen molar-refractivity contribution < 1.29 is 4.79 Å². The van der Waals surface area contributed by atoms with Crippen LogP contribution in [0.5, 0.6) is 0 Å². The molecule has 3 aromatic rings. The monoisotopic (exact) mass is 426 g/mol. The van der Waals surface area contributed by atoms with E-state index in [0.29, 0.717) is 11.6 Å². The molecule has 29 heavy (non-hydrogen) atoms. The number of hydrogen-bond acceptors (Lipinski definition) is 4. The molecule has 5 nitrogen and oxygen atoms in total. The molecule has 1 N–H and O–H groups in total. The van der Waals surface area contributed by atoms with Gasteiger partial charge in [0.25, 0.3) is 0 Å². The lowest BCUT2D eigenvalue weighted by atomic mass is 10.1. The van der Waals surface area contributed by atoms with Crippen molar-refractivity contribution in [1.82, 2.24) is 15.1 Å². The van der Waals surface area contributed by atoms with E-state index < -0.39 is 0 Å². The highest BCUT2D eigenvalue weighted by Crippen LogP contribution is 2.31. The van der Waals surface area contributed by atoms with Gasteiger partial charge in [-0.05, 0) is 23.3 Å². The maximum Gasteiger partial charge on any atom is 0.241 e. The summed E-state index contributed by atoms with van der Waals surface area (Å²) in [6.07, 6.45) is 1.98. The number of anilines is 1. The fourth-order valence-corrected chi connectivity index (χ4v) is 4.49. The number of nitrogens with zero attached hydrogens (tertiary/aromatic N) is 3. The Morgan fingerprint density at radius 1 is 1.10 bits per heavy atom. The molecule has 0 radical (unpaired) electrons. The van der Waals surface area contributed by atoms with Crippen LogP contribution in [0.15, 0.2) is 60.8 Å². The third kappa shape index (κ3) is 5.14. The van der Waals surface area contributed by atoms with Crippen LogP contribution in [0.2, 0.25) is 5.02 Å². The maximum absolute atomic E-state index is 12.5. The topological polar surface area (TPSA) is 50.2 Å². The molecular formula is C22H23ClN4OS. The summed E-state index contributed by atoms with van der Waals surface area (Å²) in [5.74, 6) is 3.08. The Morgan fingerprint density at radius 2 is 1.90 bits per heavy atom. The van der Waals surface area contributed by atoms with Crippen molar-refractivity contribution in [2.24, 2.45) is 0 Å². The van der Waals surface area contributed by atoms with Crippen molar-refractivity contribution in [3.8, 4) is 11.1 Å². The van der Waals surface area contributed by atoms with E-state index in [4.69, 9.17) is 16.7 Å². The smallest absolute Gasteiger partial charge is 0.241 e. The Balaban J connectivity index is 1.49. The van der Waals surface area contributed by atoms with Crippen LogP contribution in [0.25, 0.3) is 11.1 Å². The number of amides is 1. The molecule has 0 saturated carbocycles. The summed E-state index contributed by atoms with van der Waals surface area (Å²) in [7, 11) is 0. The molecule has 0 bridgehead atoms. The minimum Gasteiger partial charge on any atom is -0.353 e. The first kappa shape index (κ1) is 19.9. The second-order valence-electron chi connectivity index (χ2n) is 6.94. The fourth-order valence-electron chi connectivity index (χ4n) is 3.37. The van der Waals surface area contributed by atoms with Crippen LogP contribution in [0.4, 0.5) is 5.82 Å². The van der Waals surface area contributed by atoms with E-state index >= 15 is 0 Å². The van der Waals surface area contributed by atoms with Crippen molar-refractivity contribution in [2.75, 3.05) is 29.5 Å². The molecule has 7 heteroatoms. The molecule has 1 aliphatic rings. The van der Waals surface area contributed by atoms with Crippen LogP contribution in [0.1, 0.15) is 5.56 Å². The molecule has 0 unspecified atom stereocenters. The van der Waals surface area contributed by atoms with Gasteiger partial charge in [-0.25, -0.2) is 0 Å². The van der Waals surface area contributed by atoms with E-state index in [0.717, 1.165) is 47.1 Å². The minimum atomic E-state index is -0.0761. The van der Waals surface area contributed by atoms with Crippen LogP contribution in [-0.2, 0) is 17.9 Å². The quantitative estimate of drug-likeness (QED) is 0.645. The molecule has 0 aliphatic carbocycles. The molecule has 2 aromatic carbocycles. The third-order valence-corrected chi connectivity index (χ3v) is 6.00. The van der Waals surface area contributed by atoms with Crippen LogP contribution in [0, 0.1) is 0 Å². The highest BCUT2D eigenvalue weighted by atomic mass is 35.5. The van der Waals surface area contributed by atoms with Gasteiger partial charge in [-0.1, -0.05) is 54.1 Å². The van der Waals surface area contributed by atoms with Crippen molar-refractivity contribution >= 4 is 35.1 Å². The predicted molar refractivity (Wildman–Crippen MR) is 120 cm³/mol. The lowest BCUT2D eigenvalue weighted by Gasteiger charge is -2.27. The standard InChI is InChI=1S/C22H23ClN4OS/c23-19-8-4-5-17(13-19)14-24-21(28)16-27-15-20(18-6-2-1-3-7-18)22(25-27)26-9-11-29-12-10-26/h1-8,13,15H,9-12,14,16H2,(H,24,28). The second-order valence-corrected chi connectivity index (χ2v) is 8.60. The van der Waals surface area contributed by atoms with Crippen molar-refractivity contribution in [2.45, 2.75) is 13.1 Å². The average molecular weight is 427 g/mol. The summed E-state index contributed by atoms with van der Waals surface area (Å²) in [5.41, 5.74) is 3.16. The van der Waals surface area contributed by atoms with E-state index in [2.05, 4.69) is 22.3 Å². The first-order valence-corrected chi connectivity index (χ1v) is 11.2. The predicted octanol–water partition coefficient (Wildman–Crippen LogP) is 4.07. The lowest BCUT2D eigenvalue weighted by Crippen LogP contribution is -2.33. The maximum atomic E-state index is 12.5. The van der Waals surface area contributed by atoms with Gasteiger partial charge in [-0.15, -0.1) is 0 Å². The van der Waals surface area contributed by atoms with Gasteiger partial charge in [-0.2, -0.15) is 16.9 Å². The Morgan fingerprint density at radius 3 is 2.66 bits per heavy atom. The largest absolute Gasteiger partial charge is 0.353 e. The van der Waals surface area contributed by atoms with Crippen molar-refractivity contribution in [3.05, 3.63) is 71.4 Å². The van der Waals surface area contributed by atoms with Gasteiger partial charge in [0.05, 0.1) is 0 Å². The number of carbonyl (C=O) groups is 1. The van der Waals surface area contributed by atoms with E-state index in [9.17, 15) is 4.79 Å². The summed E-state index contributed by atoms with van der Waals surface area (Å²) in [6, 6.07) is 17.7. The van der Waals surface area contributed by atoms with Gasteiger partial charge in [0.2, 0.25) is 5.91 Å². The van der Waals surface area contributed by atoms with Crippen LogP contribution >= 0.6 is 23.4 Å². The van der Waals surface area contributed by atoms with Gasteiger partial charge >= 0.3 is 0 Å². The molecule has 4 rings (SSSR count). The number of halogens is 1. The summed E-state index contributed by atoms with van der Waals surface area (Å²) in [5, 5.41) is 8.39. The highest BCUT2D eigenvalue weighted by molar-refractivity contribution is 7.99. The molecule has 1 saturated heterocycles. The van der Waals surface area contributed by atoms with Crippen LogP contribution in [-0.4, -0.2) is 40.3 Å². The van der Waals surface area contributed by atoms with Crippen LogP contribution < -0.4 is 10.2 Å². The molecule has 1 aliphatic heterocycles. The van der Waals surface area contributed by atoms with E-state index in [-0.39, 0.29) is 12.5 Å². The van der Waals surface area contributed by atoms with Crippen molar-refractivity contribution in [1.29, 1.82) is 0 Å². The summed E-state index contributed by atoms with van der Waals surface area (Å²) < 4.78 is 1.74. The fraction of sp³-hybridized carbons (Fsp3) is 0.273. The Labute approximate surface area is 180 Å². The Kier molecular flexibility index (Phi) is 6.42.